The van der Waals surface area contributed by atoms with Gasteiger partial charge in [-0.05, 0) is 42.4 Å². The van der Waals surface area contributed by atoms with Gasteiger partial charge in [-0.25, -0.2) is 0 Å². The van der Waals surface area contributed by atoms with Gasteiger partial charge in [-0.3, -0.25) is 0 Å². The van der Waals surface area contributed by atoms with Crippen molar-refractivity contribution < 1.29 is 13.5 Å². The summed E-state index contributed by atoms with van der Waals surface area (Å²) in [6.45, 7) is -2.85. The Kier molecular flexibility index (Phi) is 5.39. The Labute approximate surface area is 131 Å². The molecule has 0 saturated heterocycles. The molecule has 1 unspecified atom stereocenters. The molecule has 0 amide bonds. The maximum Gasteiger partial charge on any atom is 0.387 e. The molecule has 0 aliphatic heterocycles. The number of hydrogen-bond acceptors (Lipinski definition) is 2. The van der Waals surface area contributed by atoms with Crippen molar-refractivity contribution in [2.45, 2.75) is 12.7 Å². The maximum absolute atomic E-state index is 12.3. The van der Waals surface area contributed by atoms with Gasteiger partial charge in [0.15, 0.2) is 0 Å². The molecule has 0 saturated carbocycles. The lowest BCUT2D eigenvalue weighted by atomic mass is 9.99. The number of hydrogen-bond donors (Lipinski definition) is 1. The Hall–Kier alpha value is -1.36. The van der Waals surface area contributed by atoms with Gasteiger partial charge in [-0.2, -0.15) is 8.78 Å². The van der Waals surface area contributed by atoms with Gasteiger partial charge in [-0.1, -0.05) is 41.4 Å². The third-order valence-electron chi connectivity index (χ3n) is 2.98. The van der Waals surface area contributed by atoms with E-state index in [2.05, 4.69) is 10.1 Å². The monoisotopic (exact) mass is 331 g/mol. The van der Waals surface area contributed by atoms with E-state index in [1.807, 2.05) is 12.1 Å². The average molecular weight is 332 g/mol. The predicted molar refractivity (Wildman–Crippen MR) is 80.4 cm³/mol. The fourth-order valence-electron chi connectivity index (χ4n) is 2.09. The zero-order valence-electron chi connectivity index (χ0n) is 11.1. The quantitative estimate of drug-likeness (QED) is 0.840. The molecule has 0 fully saturated rings. The molecule has 0 radical (unpaired) electrons. The van der Waals surface area contributed by atoms with Crippen LogP contribution in [-0.4, -0.2) is 13.7 Å². The molecule has 2 aromatic rings. The molecule has 0 heterocycles. The van der Waals surface area contributed by atoms with Crippen LogP contribution in [0.15, 0.2) is 42.5 Å². The van der Waals surface area contributed by atoms with Crippen LogP contribution in [0.25, 0.3) is 0 Å². The number of benzene rings is 2. The highest BCUT2D eigenvalue weighted by atomic mass is 35.5. The molecular weight excluding hydrogens is 319 g/mol. The van der Waals surface area contributed by atoms with E-state index < -0.39 is 6.61 Å². The van der Waals surface area contributed by atoms with Crippen LogP contribution in [0.1, 0.15) is 17.2 Å². The van der Waals surface area contributed by atoms with Crippen molar-refractivity contribution in [1.29, 1.82) is 0 Å². The third-order valence-corrected chi connectivity index (χ3v) is 3.72. The van der Waals surface area contributed by atoms with E-state index in [0.717, 1.165) is 11.1 Å². The smallest absolute Gasteiger partial charge is 0.387 e. The minimum atomic E-state index is -2.85. The molecule has 0 aliphatic rings. The van der Waals surface area contributed by atoms with Crippen LogP contribution < -0.4 is 10.1 Å². The summed E-state index contributed by atoms with van der Waals surface area (Å²) in [4.78, 5) is 0. The molecule has 0 bridgehead atoms. The van der Waals surface area contributed by atoms with E-state index in [9.17, 15) is 8.78 Å². The average Bonchev–Trinajstić information content (AvgIpc) is 2.43. The van der Waals surface area contributed by atoms with Gasteiger partial charge >= 0.3 is 6.61 Å². The zero-order valence-corrected chi connectivity index (χ0v) is 12.6. The van der Waals surface area contributed by atoms with Gasteiger partial charge < -0.3 is 10.1 Å². The second-order valence-corrected chi connectivity index (χ2v) is 5.16. The summed E-state index contributed by atoms with van der Waals surface area (Å²) in [5, 5.41) is 4.02. The number of rotatable bonds is 5. The van der Waals surface area contributed by atoms with Crippen LogP contribution in [0.5, 0.6) is 5.75 Å². The van der Waals surface area contributed by atoms with Crippen molar-refractivity contribution in [3.05, 3.63) is 63.6 Å². The van der Waals surface area contributed by atoms with Crippen molar-refractivity contribution in [1.82, 2.24) is 5.32 Å². The lowest BCUT2D eigenvalue weighted by Crippen LogP contribution is -2.17. The summed E-state index contributed by atoms with van der Waals surface area (Å²) in [5.74, 6) is 0.114. The van der Waals surface area contributed by atoms with Crippen molar-refractivity contribution in [2.24, 2.45) is 0 Å². The number of ether oxygens (including phenoxy) is 1. The molecule has 1 atom stereocenters. The fourth-order valence-corrected chi connectivity index (χ4v) is 2.39. The van der Waals surface area contributed by atoms with Gasteiger partial charge in [-0.15, -0.1) is 0 Å². The molecule has 2 rings (SSSR count). The van der Waals surface area contributed by atoms with Gasteiger partial charge in [0.25, 0.3) is 0 Å². The Bertz CT molecular complexity index is 622. The van der Waals surface area contributed by atoms with Crippen LogP contribution >= 0.6 is 23.2 Å². The molecule has 0 spiro atoms. The summed E-state index contributed by atoms with van der Waals surface area (Å²) in [5.41, 5.74) is 1.66. The van der Waals surface area contributed by atoms with Crippen molar-refractivity contribution in [2.75, 3.05) is 7.05 Å². The molecule has 21 heavy (non-hydrogen) atoms. The highest BCUT2D eigenvalue weighted by Gasteiger charge is 2.15. The van der Waals surface area contributed by atoms with E-state index in [1.54, 1.807) is 31.3 Å². The first-order chi connectivity index (χ1) is 10.0. The fraction of sp³-hybridized carbons (Fsp3) is 0.200. The lowest BCUT2D eigenvalue weighted by molar-refractivity contribution is -0.0498. The second kappa shape index (κ2) is 7.07. The molecule has 6 heteroatoms. The Morgan fingerprint density at radius 3 is 2.33 bits per heavy atom. The van der Waals surface area contributed by atoms with Crippen molar-refractivity contribution in [3.8, 4) is 5.75 Å². The standard InChI is InChI=1S/C15H13Cl2F2NO/c1-20-14(10-5-6-12(16)13(17)8-10)9-3-2-4-11(7-9)21-15(18)19/h2-8,14-15,20H,1H3. The summed E-state index contributed by atoms with van der Waals surface area (Å²) in [7, 11) is 1.77. The first-order valence-corrected chi connectivity index (χ1v) is 6.94. The molecular formula is C15H13Cl2F2NO. The third kappa shape index (κ3) is 4.06. The van der Waals surface area contributed by atoms with Crippen molar-refractivity contribution in [3.63, 3.8) is 0 Å². The Morgan fingerprint density at radius 1 is 1.00 bits per heavy atom. The van der Waals surface area contributed by atoms with Gasteiger partial charge in [0.2, 0.25) is 0 Å². The van der Waals surface area contributed by atoms with E-state index in [-0.39, 0.29) is 11.8 Å². The topological polar surface area (TPSA) is 21.3 Å². The number of alkyl halides is 2. The van der Waals surface area contributed by atoms with E-state index in [4.69, 9.17) is 23.2 Å². The lowest BCUT2D eigenvalue weighted by Gasteiger charge is -2.18. The van der Waals surface area contributed by atoms with Crippen molar-refractivity contribution >= 4 is 23.2 Å². The van der Waals surface area contributed by atoms with E-state index in [0.29, 0.717) is 10.0 Å². The van der Waals surface area contributed by atoms with E-state index in [1.165, 1.54) is 6.07 Å². The Morgan fingerprint density at radius 2 is 1.71 bits per heavy atom. The highest BCUT2D eigenvalue weighted by molar-refractivity contribution is 6.42. The van der Waals surface area contributed by atoms with Gasteiger partial charge in [0, 0.05) is 0 Å². The van der Waals surface area contributed by atoms with Gasteiger partial charge in [0.05, 0.1) is 16.1 Å². The predicted octanol–water partition coefficient (Wildman–Crippen LogP) is 4.90. The first kappa shape index (κ1) is 16.0. The van der Waals surface area contributed by atoms with Crippen LogP contribution in [-0.2, 0) is 0 Å². The van der Waals surface area contributed by atoms with Crippen LogP contribution in [0.4, 0.5) is 8.78 Å². The highest BCUT2D eigenvalue weighted by Crippen LogP contribution is 2.30. The van der Waals surface area contributed by atoms with Crippen LogP contribution in [0.2, 0.25) is 10.0 Å². The summed E-state index contributed by atoms with van der Waals surface area (Å²) in [6.07, 6.45) is 0. The van der Waals surface area contributed by atoms with Crippen LogP contribution in [0, 0.1) is 0 Å². The minimum Gasteiger partial charge on any atom is -0.435 e. The molecule has 2 nitrogen and oxygen atoms in total. The summed E-state index contributed by atoms with van der Waals surface area (Å²) in [6, 6.07) is 11.6. The molecule has 112 valence electrons. The number of halogens is 4. The summed E-state index contributed by atoms with van der Waals surface area (Å²) >= 11 is 11.9. The summed E-state index contributed by atoms with van der Waals surface area (Å²) < 4.78 is 29.0. The minimum absolute atomic E-state index is 0.114. The molecule has 0 aromatic heterocycles. The molecule has 1 N–H and O–H groups in total. The normalized spacial score (nSPS) is 12.5. The first-order valence-electron chi connectivity index (χ1n) is 6.18. The SMILES string of the molecule is CNC(c1cccc(OC(F)F)c1)c1ccc(Cl)c(Cl)c1. The molecule has 2 aromatic carbocycles. The van der Waals surface area contributed by atoms with Gasteiger partial charge in [0.1, 0.15) is 5.75 Å². The largest absolute Gasteiger partial charge is 0.435 e. The second-order valence-electron chi connectivity index (χ2n) is 4.35. The zero-order chi connectivity index (χ0) is 15.4. The maximum atomic E-state index is 12.3. The Balaban J connectivity index is 2.34. The van der Waals surface area contributed by atoms with E-state index >= 15 is 0 Å². The molecule has 0 aliphatic carbocycles. The number of nitrogens with one attached hydrogen (secondary N) is 1. The van der Waals surface area contributed by atoms with Crippen LogP contribution in [0.3, 0.4) is 0 Å².